The Labute approximate surface area is 179 Å². The lowest BCUT2D eigenvalue weighted by Crippen LogP contribution is -2.56. The van der Waals surface area contributed by atoms with Crippen molar-refractivity contribution in [2.75, 3.05) is 60.0 Å². The summed E-state index contributed by atoms with van der Waals surface area (Å²) in [6.07, 6.45) is 2.99. The molecule has 1 aromatic rings. The number of ether oxygens (including phenoxy) is 1. The molecule has 1 unspecified atom stereocenters. The first-order chi connectivity index (χ1) is 14.5. The number of likely N-dealkylation sites (tertiary alicyclic amines) is 1. The number of methoxy groups -OCH3 is 1. The molecule has 2 aliphatic heterocycles. The van der Waals surface area contributed by atoms with Crippen LogP contribution in [-0.4, -0.2) is 107 Å². The van der Waals surface area contributed by atoms with E-state index >= 15 is 0 Å². The van der Waals surface area contributed by atoms with Crippen LogP contribution in [0.4, 0.5) is 0 Å². The Hall–Kier alpha value is -2.20. The second-order valence-corrected chi connectivity index (χ2v) is 8.09. The zero-order chi connectivity index (χ0) is 21.5. The number of aryl methyl sites for hydroxylation is 1. The minimum Gasteiger partial charge on any atom is -0.385 e. The van der Waals surface area contributed by atoms with Crippen molar-refractivity contribution in [3.8, 4) is 0 Å². The Balaban J connectivity index is 1.59. The second kappa shape index (κ2) is 10.7. The fraction of sp³-hybridized carbons (Fsp3) is 0.800. The molecule has 0 aromatic carbocycles. The van der Waals surface area contributed by atoms with Gasteiger partial charge >= 0.3 is 0 Å². The minimum atomic E-state index is 0.0519. The van der Waals surface area contributed by atoms with Crippen molar-refractivity contribution in [3.05, 3.63) is 11.6 Å². The highest BCUT2D eigenvalue weighted by Gasteiger charge is 2.33. The largest absolute Gasteiger partial charge is 0.385 e. The fourth-order valence-corrected chi connectivity index (χ4v) is 3.99. The van der Waals surface area contributed by atoms with Crippen LogP contribution in [0, 0.1) is 6.92 Å². The molecule has 0 radical (unpaired) electrons. The van der Waals surface area contributed by atoms with E-state index in [-0.39, 0.29) is 11.9 Å². The number of likely N-dealkylation sites (N-methyl/N-ethyl adjacent to an activating group) is 1. The van der Waals surface area contributed by atoms with Crippen molar-refractivity contribution < 1.29 is 9.53 Å². The zero-order valence-corrected chi connectivity index (χ0v) is 18.8. The van der Waals surface area contributed by atoms with E-state index in [9.17, 15) is 4.79 Å². The lowest BCUT2D eigenvalue weighted by Gasteiger charge is -2.38. The molecule has 3 heterocycles. The molecular formula is C20H36N8O2. The van der Waals surface area contributed by atoms with Gasteiger partial charge in [0.2, 0.25) is 5.91 Å². The Morgan fingerprint density at radius 2 is 1.90 bits per heavy atom. The number of aliphatic imine (C=N–C) groups is 1. The third kappa shape index (κ3) is 5.48. The van der Waals surface area contributed by atoms with E-state index < -0.39 is 0 Å². The van der Waals surface area contributed by atoms with Crippen LogP contribution >= 0.6 is 0 Å². The van der Waals surface area contributed by atoms with Gasteiger partial charge in [-0.25, -0.2) is 4.99 Å². The molecule has 2 saturated heterocycles. The van der Waals surface area contributed by atoms with Gasteiger partial charge in [-0.2, -0.15) is 0 Å². The molecule has 0 saturated carbocycles. The first-order valence-corrected chi connectivity index (χ1v) is 10.9. The number of nitrogens with one attached hydrogen (secondary N) is 1. The third-order valence-corrected chi connectivity index (χ3v) is 6.06. The number of carbonyl (C=O) groups is 1. The van der Waals surface area contributed by atoms with Gasteiger partial charge in [0, 0.05) is 53.5 Å². The van der Waals surface area contributed by atoms with Crippen LogP contribution in [0.25, 0.3) is 0 Å². The summed E-state index contributed by atoms with van der Waals surface area (Å²) in [7, 11) is 5.72. The van der Waals surface area contributed by atoms with E-state index in [1.165, 1.54) is 0 Å². The van der Waals surface area contributed by atoms with Crippen molar-refractivity contribution >= 4 is 11.9 Å². The summed E-state index contributed by atoms with van der Waals surface area (Å²) in [6.45, 7) is 7.91. The van der Waals surface area contributed by atoms with E-state index in [0.717, 1.165) is 76.1 Å². The monoisotopic (exact) mass is 420 g/mol. The van der Waals surface area contributed by atoms with Gasteiger partial charge in [-0.1, -0.05) is 0 Å². The number of piperazine rings is 1. The van der Waals surface area contributed by atoms with Gasteiger partial charge in [0.25, 0.3) is 0 Å². The summed E-state index contributed by atoms with van der Waals surface area (Å²) in [4.78, 5) is 24.1. The second-order valence-electron chi connectivity index (χ2n) is 8.09. The molecule has 1 N–H and O–H groups in total. The SMILES string of the molecule is COCCCNC(=NCc1nnc(C)n1C)N1CCN(C(=O)C2CCCN2C)CC1. The molecule has 10 nitrogen and oxygen atoms in total. The summed E-state index contributed by atoms with van der Waals surface area (Å²) < 4.78 is 7.11. The van der Waals surface area contributed by atoms with Gasteiger partial charge in [-0.05, 0) is 39.8 Å². The number of carbonyl (C=O) groups excluding carboxylic acids is 1. The van der Waals surface area contributed by atoms with E-state index in [2.05, 4.69) is 32.4 Å². The van der Waals surface area contributed by atoms with Crippen molar-refractivity contribution in [3.63, 3.8) is 0 Å². The van der Waals surface area contributed by atoms with Gasteiger partial charge < -0.3 is 24.4 Å². The van der Waals surface area contributed by atoms with Crippen LogP contribution in [-0.2, 0) is 23.1 Å². The number of rotatable bonds is 7. The molecule has 2 aliphatic rings. The fourth-order valence-electron chi connectivity index (χ4n) is 3.99. The van der Waals surface area contributed by atoms with Crippen LogP contribution in [0.3, 0.4) is 0 Å². The average Bonchev–Trinajstić information content (AvgIpc) is 3.33. The Bertz CT molecular complexity index is 726. The highest BCUT2D eigenvalue weighted by atomic mass is 16.5. The number of hydrogen-bond acceptors (Lipinski definition) is 6. The molecule has 1 aromatic heterocycles. The average molecular weight is 421 g/mol. The summed E-state index contributed by atoms with van der Waals surface area (Å²) in [6, 6.07) is 0.0519. The molecule has 30 heavy (non-hydrogen) atoms. The smallest absolute Gasteiger partial charge is 0.240 e. The van der Waals surface area contributed by atoms with Gasteiger partial charge in [-0.3, -0.25) is 9.69 Å². The predicted molar refractivity (Wildman–Crippen MR) is 115 cm³/mol. The Kier molecular flexibility index (Phi) is 8.03. The normalized spacial score (nSPS) is 20.8. The highest BCUT2D eigenvalue weighted by molar-refractivity contribution is 5.83. The van der Waals surface area contributed by atoms with Crippen molar-refractivity contribution in [1.29, 1.82) is 0 Å². The highest BCUT2D eigenvalue weighted by Crippen LogP contribution is 2.18. The summed E-state index contributed by atoms with van der Waals surface area (Å²) in [5.74, 6) is 2.84. The molecule has 0 bridgehead atoms. The van der Waals surface area contributed by atoms with Crippen molar-refractivity contribution in [2.24, 2.45) is 12.0 Å². The van der Waals surface area contributed by atoms with Gasteiger partial charge in [0.05, 0.1) is 6.04 Å². The van der Waals surface area contributed by atoms with Gasteiger partial charge in [0.1, 0.15) is 12.4 Å². The molecule has 3 rings (SSSR count). The quantitative estimate of drug-likeness (QED) is 0.372. The molecule has 168 valence electrons. The lowest BCUT2D eigenvalue weighted by molar-refractivity contribution is -0.136. The maximum atomic E-state index is 12.9. The molecule has 1 amide bonds. The molecule has 0 spiro atoms. The van der Waals surface area contributed by atoms with Gasteiger partial charge in [0.15, 0.2) is 11.8 Å². The third-order valence-electron chi connectivity index (χ3n) is 6.06. The molecule has 10 heteroatoms. The predicted octanol–water partition coefficient (Wildman–Crippen LogP) is -0.156. The number of guanidine groups is 1. The summed E-state index contributed by atoms with van der Waals surface area (Å²) >= 11 is 0. The topological polar surface area (TPSA) is 91.1 Å². The Morgan fingerprint density at radius 3 is 2.50 bits per heavy atom. The number of hydrogen-bond donors (Lipinski definition) is 1. The maximum absolute atomic E-state index is 12.9. The van der Waals surface area contributed by atoms with Crippen LogP contribution in [0.5, 0.6) is 0 Å². The molecule has 1 atom stereocenters. The molecule has 0 aliphatic carbocycles. The van der Waals surface area contributed by atoms with E-state index in [1.54, 1.807) is 7.11 Å². The van der Waals surface area contributed by atoms with Crippen LogP contribution in [0.2, 0.25) is 0 Å². The van der Waals surface area contributed by atoms with Gasteiger partial charge in [-0.15, -0.1) is 10.2 Å². The maximum Gasteiger partial charge on any atom is 0.240 e. The summed E-state index contributed by atoms with van der Waals surface area (Å²) in [5, 5.41) is 11.8. The number of amides is 1. The standard InChI is InChI=1S/C20H36N8O2/c1-16-23-24-18(26(16)3)15-22-20(21-8-6-14-30-4)28-12-10-27(11-13-28)19(29)17-7-5-9-25(17)2/h17H,5-15H2,1-4H3,(H,21,22). The van der Waals surface area contributed by atoms with Crippen LogP contribution in [0.15, 0.2) is 4.99 Å². The van der Waals surface area contributed by atoms with Crippen LogP contribution < -0.4 is 5.32 Å². The van der Waals surface area contributed by atoms with E-state index in [4.69, 9.17) is 9.73 Å². The minimum absolute atomic E-state index is 0.0519. The lowest BCUT2D eigenvalue weighted by atomic mass is 10.1. The van der Waals surface area contributed by atoms with Crippen molar-refractivity contribution in [2.45, 2.75) is 38.8 Å². The Morgan fingerprint density at radius 1 is 1.17 bits per heavy atom. The summed E-state index contributed by atoms with van der Waals surface area (Å²) in [5.41, 5.74) is 0. The number of aromatic nitrogens is 3. The van der Waals surface area contributed by atoms with E-state index in [1.807, 2.05) is 23.4 Å². The zero-order valence-electron chi connectivity index (χ0n) is 18.8. The molecule has 2 fully saturated rings. The van der Waals surface area contributed by atoms with E-state index in [0.29, 0.717) is 13.2 Å². The first-order valence-electron chi connectivity index (χ1n) is 10.9. The van der Waals surface area contributed by atoms with Crippen molar-refractivity contribution in [1.82, 2.24) is 34.8 Å². The molecular weight excluding hydrogens is 384 g/mol. The first kappa shape index (κ1) is 22.5. The number of nitrogens with zero attached hydrogens (tertiary/aromatic N) is 7. The van der Waals surface area contributed by atoms with Crippen LogP contribution in [0.1, 0.15) is 30.9 Å².